The number of anilines is 1. The summed E-state index contributed by atoms with van der Waals surface area (Å²) in [6.45, 7) is 0. The third-order valence-electron chi connectivity index (χ3n) is 4.31. The molecule has 34 heavy (non-hydrogen) atoms. The van der Waals surface area contributed by atoms with E-state index in [9.17, 15) is 25.0 Å². The van der Waals surface area contributed by atoms with Crippen molar-refractivity contribution in [2.45, 2.75) is 0 Å². The molecule has 1 amide bonds. The number of nitro groups is 1. The number of nitriles is 1. The van der Waals surface area contributed by atoms with Crippen molar-refractivity contribution in [3.63, 3.8) is 0 Å². The van der Waals surface area contributed by atoms with Crippen LogP contribution in [0.15, 0.2) is 66.2 Å². The average Bonchev–Trinajstić information content (AvgIpc) is 2.81. The molecule has 3 rings (SSSR count). The second kappa shape index (κ2) is 10.8. The fourth-order valence-corrected chi connectivity index (χ4v) is 3.46. The van der Waals surface area contributed by atoms with Crippen molar-refractivity contribution in [3.8, 4) is 11.8 Å². The Balaban J connectivity index is 1.84. The van der Waals surface area contributed by atoms with Gasteiger partial charge in [-0.15, -0.1) is 0 Å². The first-order valence-electron chi connectivity index (χ1n) is 9.33. The van der Waals surface area contributed by atoms with Gasteiger partial charge in [-0.1, -0.05) is 53.0 Å². The lowest BCUT2D eigenvalue weighted by Gasteiger charge is -2.10. The third kappa shape index (κ3) is 5.91. The second-order valence-corrected chi connectivity index (χ2v) is 7.84. The zero-order valence-electron chi connectivity index (χ0n) is 16.9. The van der Waals surface area contributed by atoms with Crippen LogP contribution in [0.25, 0.3) is 6.08 Å². The van der Waals surface area contributed by atoms with Crippen molar-refractivity contribution in [2.24, 2.45) is 0 Å². The van der Waals surface area contributed by atoms with Crippen LogP contribution >= 0.6 is 34.8 Å². The quantitative estimate of drug-likeness (QED) is 0.102. The summed E-state index contributed by atoms with van der Waals surface area (Å²) in [6, 6.07) is 16.1. The van der Waals surface area contributed by atoms with Crippen LogP contribution in [0, 0.1) is 21.4 Å². The molecule has 0 saturated heterocycles. The van der Waals surface area contributed by atoms with E-state index in [1.54, 1.807) is 36.4 Å². The van der Waals surface area contributed by atoms with Crippen LogP contribution in [-0.2, 0) is 4.79 Å². The van der Waals surface area contributed by atoms with Crippen LogP contribution in [0.4, 0.5) is 11.4 Å². The maximum absolute atomic E-state index is 12.6. The van der Waals surface area contributed by atoms with Crippen LogP contribution in [0.3, 0.4) is 0 Å². The number of benzene rings is 3. The molecule has 170 valence electrons. The minimum atomic E-state index is -0.864. The van der Waals surface area contributed by atoms with Gasteiger partial charge in [-0.05, 0) is 42.0 Å². The second-order valence-electron chi connectivity index (χ2n) is 6.61. The highest BCUT2D eigenvalue weighted by Gasteiger charge is 2.18. The molecule has 0 aliphatic rings. The summed E-state index contributed by atoms with van der Waals surface area (Å²) in [7, 11) is 0. The number of amides is 1. The summed E-state index contributed by atoms with van der Waals surface area (Å²) in [5, 5.41) is 22.7. The molecule has 1 N–H and O–H groups in total. The number of ether oxygens (including phenoxy) is 1. The first kappa shape index (κ1) is 24.7. The number of esters is 1. The summed E-state index contributed by atoms with van der Waals surface area (Å²) >= 11 is 18.4. The van der Waals surface area contributed by atoms with E-state index in [1.165, 1.54) is 30.3 Å². The smallest absolute Gasteiger partial charge is 0.343 e. The van der Waals surface area contributed by atoms with Gasteiger partial charge in [-0.25, -0.2) is 4.79 Å². The average molecular weight is 517 g/mol. The Bertz CT molecular complexity index is 1350. The Morgan fingerprint density at radius 3 is 2.24 bits per heavy atom. The maximum Gasteiger partial charge on any atom is 0.343 e. The molecule has 0 atom stereocenters. The van der Waals surface area contributed by atoms with Gasteiger partial charge in [0.1, 0.15) is 11.6 Å². The fraction of sp³-hybridized carbons (Fsp3) is 0. The maximum atomic E-state index is 12.6. The van der Waals surface area contributed by atoms with Crippen molar-refractivity contribution in [1.82, 2.24) is 0 Å². The van der Waals surface area contributed by atoms with Gasteiger partial charge in [0.05, 0.1) is 31.2 Å². The summed E-state index contributed by atoms with van der Waals surface area (Å²) in [4.78, 5) is 35.1. The highest BCUT2D eigenvalue weighted by molar-refractivity contribution is 6.37. The van der Waals surface area contributed by atoms with Crippen molar-refractivity contribution in [3.05, 3.63) is 103 Å². The largest absolute Gasteiger partial charge is 0.420 e. The number of hydrogen-bond donors (Lipinski definition) is 1. The SMILES string of the molecule is N#C/C(=C\c1cc(Cl)c(OC(=O)c2ccccc2)c(Cl)c1)C(=O)Nc1cc([N+](=O)[O-])ccc1Cl. The zero-order chi connectivity index (χ0) is 24.8. The Kier molecular flexibility index (Phi) is 7.87. The van der Waals surface area contributed by atoms with E-state index in [0.717, 1.165) is 6.07 Å². The van der Waals surface area contributed by atoms with E-state index in [1.807, 2.05) is 0 Å². The zero-order valence-corrected chi connectivity index (χ0v) is 19.2. The van der Waals surface area contributed by atoms with Crippen molar-refractivity contribution >= 4 is 64.1 Å². The normalized spacial score (nSPS) is 10.8. The molecule has 11 heteroatoms. The molecule has 0 aliphatic heterocycles. The lowest BCUT2D eigenvalue weighted by atomic mass is 10.1. The number of non-ortho nitro benzene ring substituents is 1. The van der Waals surface area contributed by atoms with E-state index >= 15 is 0 Å². The van der Waals surface area contributed by atoms with Crippen molar-refractivity contribution in [1.29, 1.82) is 5.26 Å². The van der Waals surface area contributed by atoms with Crippen LogP contribution < -0.4 is 10.1 Å². The first-order valence-corrected chi connectivity index (χ1v) is 10.5. The molecule has 8 nitrogen and oxygen atoms in total. The monoisotopic (exact) mass is 515 g/mol. The third-order valence-corrected chi connectivity index (χ3v) is 5.20. The van der Waals surface area contributed by atoms with E-state index in [-0.39, 0.29) is 43.3 Å². The number of nitro benzene ring substituents is 1. The standard InChI is InChI=1S/C23H12Cl3N3O5/c24-17-7-6-16(29(32)33)11-20(17)28-22(30)15(12-27)8-13-9-18(25)21(19(26)10-13)34-23(31)14-4-2-1-3-5-14/h1-11H,(H,28,30)/b15-8+. The molecule has 0 bridgehead atoms. The molecule has 3 aromatic rings. The number of halogens is 3. The number of carbonyl (C=O) groups excluding carboxylic acids is 2. The predicted octanol–water partition coefficient (Wildman–Crippen LogP) is 6.32. The van der Waals surface area contributed by atoms with Crippen LogP contribution in [0.1, 0.15) is 15.9 Å². The Morgan fingerprint density at radius 1 is 1.00 bits per heavy atom. The van der Waals surface area contributed by atoms with Crippen molar-refractivity contribution < 1.29 is 19.2 Å². The molecular formula is C23H12Cl3N3O5. The van der Waals surface area contributed by atoms with Crippen molar-refractivity contribution in [2.75, 3.05) is 5.32 Å². The Labute approximate surface area is 208 Å². The molecule has 0 aromatic heterocycles. The van der Waals surface area contributed by atoms with E-state index in [0.29, 0.717) is 5.56 Å². The van der Waals surface area contributed by atoms with Crippen LogP contribution in [0.5, 0.6) is 5.75 Å². The van der Waals surface area contributed by atoms with Gasteiger partial charge in [0.15, 0.2) is 5.75 Å². The van der Waals surface area contributed by atoms with E-state index in [4.69, 9.17) is 39.5 Å². The fourth-order valence-electron chi connectivity index (χ4n) is 2.71. The van der Waals surface area contributed by atoms with Gasteiger partial charge in [0.25, 0.3) is 11.6 Å². The van der Waals surface area contributed by atoms with Crippen LogP contribution in [0.2, 0.25) is 15.1 Å². The number of hydrogen-bond acceptors (Lipinski definition) is 6. The van der Waals surface area contributed by atoms with E-state index < -0.39 is 16.8 Å². The van der Waals surface area contributed by atoms with Gasteiger partial charge in [-0.3, -0.25) is 14.9 Å². The molecule has 0 aliphatic carbocycles. The summed E-state index contributed by atoms with van der Waals surface area (Å²) in [6.07, 6.45) is 1.20. The Morgan fingerprint density at radius 2 is 1.65 bits per heavy atom. The molecule has 0 radical (unpaired) electrons. The molecular weight excluding hydrogens is 505 g/mol. The first-order chi connectivity index (χ1) is 16.2. The molecule has 0 saturated carbocycles. The van der Waals surface area contributed by atoms with Gasteiger partial charge in [0.2, 0.25) is 0 Å². The lowest BCUT2D eigenvalue weighted by molar-refractivity contribution is -0.384. The van der Waals surface area contributed by atoms with Gasteiger partial charge in [0, 0.05) is 12.1 Å². The summed E-state index contributed by atoms with van der Waals surface area (Å²) in [5.74, 6) is -1.61. The minimum absolute atomic E-state index is 0.0255. The van der Waals surface area contributed by atoms with Crippen LogP contribution in [-0.4, -0.2) is 16.8 Å². The van der Waals surface area contributed by atoms with E-state index in [2.05, 4.69) is 5.32 Å². The predicted molar refractivity (Wildman–Crippen MR) is 128 cm³/mol. The number of nitrogens with one attached hydrogen (secondary N) is 1. The molecule has 0 heterocycles. The molecule has 0 unspecified atom stereocenters. The number of carbonyl (C=O) groups is 2. The summed E-state index contributed by atoms with van der Waals surface area (Å²) in [5.41, 5.74) is -0.125. The highest BCUT2D eigenvalue weighted by Crippen LogP contribution is 2.35. The molecule has 0 fully saturated rings. The number of nitrogens with zero attached hydrogens (tertiary/aromatic N) is 2. The van der Waals surface area contributed by atoms with Gasteiger partial charge < -0.3 is 10.1 Å². The number of rotatable bonds is 6. The lowest BCUT2D eigenvalue weighted by Crippen LogP contribution is -2.14. The van der Waals surface area contributed by atoms with Gasteiger partial charge in [-0.2, -0.15) is 5.26 Å². The Hall–Kier alpha value is -3.90. The molecule has 3 aromatic carbocycles. The highest BCUT2D eigenvalue weighted by atomic mass is 35.5. The summed E-state index contributed by atoms with van der Waals surface area (Å²) < 4.78 is 5.28. The molecule has 0 spiro atoms. The minimum Gasteiger partial charge on any atom is -0.420 e. The van der Waals surface area contributed by atoms with Gasteiger partial charge >= 0.3 is 5.97 Å². The topological polar surface area (TPSA) is 122 Å².